The number of urea groups is 1. The Balaban J connectivity index is 1.25. The van der Waals surface area contributed by atoms with Gasteiger partial charge in [-0.2, -0.15) is 0 Å². The summed E-state index contributed by atoms with van der Waals surface area (Å²) in [4.78, 5) is 23.0. The van der Waals surface area contributed by atoms with Gasteiger partial charge in [0, 0.05) is 48.7 Å². The molecule has 152 valence electrons. The first-order valence-corrected chi connectivity index (χ1v) is 10.1. The van der Waals surface area contributed by atoms with Gasteiger partial charge in [-0.25, -0.2) is 14.2 Å². The van der Waals surface area contributed by atoms with E-state index < -0.39 is 5.60 Å². The Morgan fingerprint density at radius 3 is 2.66 bits per heavy atom. The van der Waals surface area contributed by atoms with Crippen LogP contribution in [0.3, 0.4) is 0 Å². The third kappa shape index (κ3) is 3.04. The maximum Gasteiger partial charge on any atom is 0.324 e. The number of hydrogen-bond donors (Lipinski definition) is 1. The third-order valence-corrected chi connectivity index (χ3v) is 6.53. The number of carbonyl (C=O) groups excluding carboxylic acids is 1. The summed E-state index contributed by atoms with van der Waals surface area (Å²) in [5.41, 5.74) is 0.513. The summed E-state index contributed by atoms with van der Waals surface area (Å²) < 4.78 is 13.0. The fraction of sp³-hybridized carbons (Fsp3) is 0.429. The first-order chi connectivity index (χ1) is 13.8. The second-order valence-corrected chi connectivity index (χ2v) is 9.10. The normalized spacial score (nSPS) is 24.8. The molecule has 2 fully saturated rings. The molecule has 2 saturated heterocycles. The largest absolute Gasteiger partial charge is 0.385 e. The average molecular weight is 417 g/mol. The van der Waals surface area contributed by atoms with E-state index in [4.69, 9.17) is 11.6 Å². The van der Waals surface area contributed by atoms with Gasteiger partial charge in [-0.3, -0.25) is 4.90 Å². The standard InChI is InChI=1S/C21H22ClFN4O2/c1-20(29)6-7-27(17-4-2-14(22)8-16(17)20)19(28)26-12-21(13-26)10-25(11-21)18-5-3-15(23)9-24-18/h2-5,8-9,29H,6-7,10-13H2,1H3. The van der Waals surface area contributed by atoms with Gasteiger partial charge in [-0.1, -0.05) is 11.6 Å². The first kappa shape index (κ1) is 18.6. The van der Waals surface area contributed by atoms with Crippen molar-refractivity contribution in [1.82, 2.24) is 9.88 Å². The Hall–Kier alpha value is -2.38. The van der Waals surface area contributed by atoms with E-state index in [0.717, 1.165) is 24.6 Å². The molecule has 0 bridgehead atoms. The van der Waals surface area contributed by atoms with Gasteiger partial charge >= 0.3 is 6.03 Å². The number of anilines is 2. The molecule has 0 aliphatic carbocycles. The molecular weight excluding hydrogens is 395 g/mol. The van der Waals surface area contributed by atoms with Crippen LogP contribution in [0.4, 0.5) is 20.7 Å². The monoisotopic (exact) mass is 416 g/mol. The molecule has 1 aromatic carbocycles. The summed E-state index contributed by atoms with van der Waals surface area (Å²) in [7, 11) is 0. The molecule has 4 heterocycles. The zero-order valence-electron chi connectivity index (χ0n) is 16.1. The molecule has 3 aliphatic heterocycles. The van der Waals surface area contributed by atoms with E-state index in [0.29, 0.717) is 36.6 Å². The topological polar surface area (TPSA) is 59.9 Å². The molecule has 6 nitrogen and oxygen atoms in total. The SMILES string of the molecule is CC1(O)CCN(C(=O)N2CC3(C2)CN(c2ccc(F)cn2)C3)c2ccc(Cl)cc21. The van der Waals surface area contributed by atoms with Gasteiger partial charge in [-0.15, -0.1) is 0 Å². The minimum Gasteiger partial charge on any atom is -0.385 e. The molecule has 29 heavy (non-hydrogen) atoms. The number of carbonyl (C=O) groups is 1. The van der Waals surface area contributed by atoms with Crippen LogP contribution in [0.15, 0.2) is 36.5 Å². The van der Waals surface area contributed by atoms with E-state index in [2.05, 4.69) is 9.88 Å². The zero-order valence-corrected chi connectivity index (χ0v) is 16.9. The predicted octanol–water partition coefficient (Wildman–Crippen LogP) is 3.23. The Kier molecular flexibility index (Phi) is 4.05. The number of nitrogens with zero attached hydrogens (tertiary/aromatic N) is 4. The molecule has 1 atom stereocenters. The number of aromatic nitrogens is 1. The molecule has 1 spiro atoms. The van der Waals surface area contributed by atoms with Gasteiger partial charge in [0.2, 0.25) is 0 Å². The van der Waals surface area contributed by atoms with Crippen LogP contribution in [0.25, 0.3) is 0 Å². The van der Waals surface area contributed by atoms with Crippen molar-refractivity contribution in [2.24, 2.45) is 5.41 Å². The van der Waals surface area contributed by atoms with E-state index >= 15 is 0 Å². The van der Waals surface area contributed by atoms with Crippen LogP contribution >= 0.6 is 11.6 Å². The molecule has 5 rings (SSSR count). The van der Waals surface area contributed by atoms with Crippen LogP contribution < -0.4 is 9.80 Å². The van der Waals surface area contributed by atoms with E-state index in [-0.39, 0.29) is 17.3 Å². The Labute approximate surface area is 173 Å². The van der Waals surface area contributed by atoms with Gasteiger partial charge in [0.15, 0.2) is 0 Å². The molecule has 1 N–H and O–H groups in total. The minimum atomic E-state index is -0.996. The quantitative estimate of drug-likeness (QED) is 0.775. The highest BCUT2D eigenvalue weighted by Crippen LogP contribution is 2.44. The molecular formula is C21H22ClFN4O2. The number of benzene rings is 1. The van der Waals surface area contributed by atoms with Crippen LogP contribution in [0.2, 0.25) is 5.02 Å². The van der Waals surface area contributed by atoms with Crippen molar-refractivity contribution < 1.29 is 14.3 Å². The van der Waals surface area contributed by atoms with Gasteiger partial charge in [0.25, 0.3) is 0 Å². The fourth-order valence-corrected chi connectivity index (χ4v) is 4.88. The van der Waals surface area contributed by atoms with E-state index in [1.165, 1.54) is 12.3 Å². The van der Waals surface area contributed by atoms with Crippen LogP contribution in [0, 0.1) is 11.2 Å². The van der Waals surface area contributed by atoms with Crippen molar-refractivity contribution in [3.63, 3.8) is 0 Å². The molecule has 0 saturated carbocycles. The van der Waals surface area contributed by atoms with Crippen LogP contribution in [0.5, 0.6) is 0 Å². The summed E-state index contributed by atoms with van der Waals surface area (Å²) >= 11 is 6.11. The van der Waals surface area contributed by atoms with Crippen LogP contribution in [0.1, 0.15) is 18.9 Å². The number of aliphatic hydroxyl groups is 1. The lowest BCUT2D eigenvalue weighted by Crippen LogP contribution is -2.74. The molecule has 2 aromatic rings. The lowest BCUT2D eigenvalue weighted by Gasteiger charge is -2.61. The highest BCUT2D eigenvalue weighted by atomic mass is 35.5. The summed E-state index contributed by atoms with van der Waals surface area (Å²) in [5.74, 6) is 0.428. The Morgan fingerprint density at radius 1 is 1.21 bits per heavy atom. The number of amides is 2. The number of hydrogen-bond acceptors (Lipinski definition) is 4. The maximum atomic E-state index is 13.1. The van der Waals surface area contributed by atoms with Gasteiger partial charge < -0.3 is 14.9 Å². The minimum absolute atomic E-state index is 0.0342. The molecule has 8 heteroatoms. The van der Waals surface area contributed by atoms with Crippen molar-refractivity contribution in [2.75, 3.05) is 42.5 Å². The number of pyridine rings is 1. The van der Waals surface area contributed by atoms with Crippen LogP contribution in [-0.4, -0.2) is 53.7 Å². The summed E-state index contributed by atoms with van der Waals surface area (Å²) in [6.45, 7) is 5.25. The van der Waals surface area contributed by atoms with E-state index in [1.807, 2.05) is 11.0 Å². The van der Waals surface area contributed by atoms with Gasteiger partial charge in [0.05, 0.1) is 17.5 Å². The Morgan fingerprint density at radius 2 is 1.97 bits per heavy atom. The summed E-state index contributed by atoms with van der Waals surface area (Å²) in [6, 6.07) is 8.37. The highest BCUT2D eigenvalue weighted by Gasteiger charge is 2.54. The fourth-order valence-electron chi connectivity index (χ4n) is 4.71. The molecule has 2 amide bonds. The number of rotatable bonds is 1. The third-order valence-electron chi connectivity index (χ3n) is 6.29. The number of likely N-dealkylation sites (tertiary alicyclic amines) is 1. The van der Waals surface area contributed by atoms with Crippen molar-refractivity contribution in [3.8, 4) is 0 Å². The average Bonchev–Trinajstić information content (AvgIpc) is 2.61. The molecule has 1 unspecified atom stereocenters. The smallest absolute Gasteiger partial charge is 0.324 e. The predicted molar refractivity (Wildman–Crippen MR) is 109 cm³/mol. The zero-order chi connectivity index (χ0) is 20.4. The summed E-state index contributed by atoms with van der Waals surface area (Å²) in [5, 5.41) is 11.2. The lowest BCUT2D eigenvalue weighted by atomic mass is 9.73. The van der Waals surface area contributed by atoms with Crippen molar-refractivity contribution in [1.29, 1.82) is 0 Å². The molecule has 3 aliphatic rings. The lowest BCUT2D eigenvalue weighted by molar-refractivity contribution is 0.00761. The molecule has 1 aromatic heterocycles. The van der Waals surface area contributed by atoms with E-state index in [1.54, 1.807) is 30.0 Å². The van der Waals surface area contributed by atoms with E-state index in [9.17, 15) is 14.3 Å². The highest BCUT2D eigenvalue weighted by molar-refractivity contribution is 6.30. The van der Waals surface area contributed by atoms with Crippen molar-refractivity contribution in [3.05, 3.63) is 52.9 Å². The molecule has 0 radical (unpaired) electrons. The van der Waals surface area contributed by atoms with Crippen molar-refractivity contribution in [2.45, 2.75) is 18.9 Å². The van der Waals surface area contributed by atoms with Gasteiger partial charge in [-0.05, 0) is 43.7 Å². The van der Waals surface area contributed by atoms with Crippen molar-refractivity contribution >= 4 is 29.1 Å². The summed E-state index contributed by atoms with van der Waals surface area (Å²) in [6.07, 6.45) is 1.70. The second-order valence-electron chi connectivity index (χ2n) is 8.67. The number of halogens is 2. The van der Waals surface area contributed by atoms with Crippen LogP contribution in [-0.2, 0) is 5.60 Å². The first-order valence-electron chi connectivity index (χ1n) is 9.72. The maximum absolute atomic E-state index is 13.1. The Bertz CT molecular complexity index is 967. The number of fused-ring (bicyclic) bond motifs is 1. The van der Waals surface area contributed by atoms with Gasteiger partial charge in [0.1, 0.15) is 11.6 Å². The second kappa shape index (κ2) is 6.31.